The number of hydrogen-bond donors (Lipinski definition) is 2. The lowest BCUT2D eigenvalue weighted by Gasteiger charge is -2.17. The summed E-state index contributed by atoms with van der Waals surface area (Å²) in [5.41, 5.74) is 0.714. The second-order valence-electron chi connectivity index (χ2n) is 5.02. The van der Waals surface area contributed by atoms with Crippen LogP contribution in [0.5, 0.6) is 0 Å². The average Bonchev–Trinajstić information content (AvgIpc) is 2.38. The number of aromatic nitrogens is 1. The molecule has 2 rings (SSSR count). The van der Waals surface area contributed by atoms with Gasteiger partial charge in [-0.25, -0.2) is 0 Å². The van der Waals surface area contributed by atoms with E-state index in [1.165, 1.54) is 0 Å². The highest BCUT2D eigenvalue weighted by Crippen LogP contribution is 2.23. The first-order valence-corrected chi connectivity index (χ1v) is 6.38. The second kappa shape index (κ2) is 5.80. The molecule has 0 aliphatic heterocycles. The Morgan fingerprint density at radius 3 is 2.74 bits per heavy atom. The Kier molecular flexibility index (Phi) is 4.12. The molecule has 0 saturated heterocycles. The highest BCUT2D eigenvalue weighted by atomic mass is 16.4. The van der Waals surface area contributed by atoms with Gasteiger partial charge in [-0.3, -0.25) is 9.78 Å². The van der Waals surface area contributed by atoms with Crippen LogP contribution in [0.2, 0.25) is 0 Å². The summed E-state index contributed by atoms with van der Waals surface area (Å²) in [5, 5.41) is 14.4. The van der Waals surface area contributed by atoms with Crippen molar-refractivity contribution in [3.05, 3.63) is 42.2 Å². The Balaban J connectivity index is 2.41. The molecule has 1 aromatic heterocycles. The molecule has 100 valence electrons. The van der Waals surface area contributed by atoms with Gasteiger partial charge < -0.3 is 10.4 Å². The zero-order valence-corrected chi connectivity index (χ0v) is 11.1. The number of nitrogens with zero attached hydrogens (tertiary/aromatic N) is 1. The zero-order valence-electron chi connectivity index (χ0n) is 11.1. The van der Waals surface area contributed by atoms with Crippen molar-refractivity contribution >= 4 is 16.7 Å². The Bertz CT molecular complexity index is 576. The van der Waals surface area contributed by atoms with Gasteiger partial charge in [-0.2, -0.15) is 0 Å². The largest absolute Gasteiger partial charge is 0.480 e. The van der Waals surface area contributed by atoms with Gasteiger partial charge >= 0.3 is 5.97 Å². The van der Waals surface area contributed by atoms with E-state index in [9.17, 15) is 9.90 Å². The number of fused-ring (bicyclic) bond motifs is 1. The van der Waals surface area contributed by atoms with Crippen LogP contribution < -0.4 is 5.32 Å². The van der Waals surface area contributed by atoms with Gasteiger partial charge in [-0.05, 0) is 17.8 Å². The van der Waals surface area contributed by atoms with Gasteiger partial charge in [0.25, 0.3) is 0 Å². The van der Waals surface area contributed by atoms with Crippen LogP contribution in [0.3, 0.4) is 0 Å². The number of nitrogens with one attached hydrogen (secondary N) is 1. The van der Waals surface area contributed by atoms with Crippen molar-refractivity contribution in [2.75, 3.05) is 6.54 Å². The van der Waals surface area contributed by atoms with E-state index in [1.54, 1.807) is 12.4 Å². The maximum atomic E-state index is 11.5. The Hall–Kier alpha value is -1.94. The van der Waals surface area contributed by atoms with Crippen LogP contribution in [-0.2, 0) is 4.79 Å². The van der Waals surface area contributed by atoms with Crippen LogP contribution in [0.4, 0.5) is 0 Å². The molecular formula is C15H18N2O2. The van der Waals surface area contributed by atoms with Gasteiger partial charge in [0.2, 0.25) is 0 Å². The van der Waals surface area contributed by atoms with Crippen molar-refractivity contribution in [3.8, 4) is 0 Å². The predicted octanol–water partition coefficient (Wildman–Crippen LogP) is 2.61. The average molecular weight is 258 g/mol. The standard InChI is InChI=1S/C15H18N2O2/c1-10(2)7-17-14(15(18)19)13-9-16-8-11-5-3-4-6-12(11)13/h3-6,8-10,14,17H,7H2,1-2H3,(H,18,19). The normalized spacial score (nSPS) is 12.8. The molecule has 2 aromatic rings. The first-order chi connectivity index (χ1) is 9.09. The van der Waals surface area contributed by atoms with Crippen molar-refractivity contribution in [2.45, 2.75) is 19.9 Å². The van der Waals surface area contributed by atoms with Crippen LogP contribution in [-0.4, -0.2) is 22.6 Å². The quantitative estimate of drug-likeness (QED) is 0.865. The summed E-state index contributed by atoms with van der Waals surface area (Å²) in [6.07, 6.45) is 3.38. The lowest BCUT2D eigenvalue weighted by Crippen LogP contribution is -2.31. The number of rotatable bonds is 5. The van der Waals surface area contributed by atoms with Crippen LogP contribution in [0.25, 0.3) is 10.8 Å². The zero-order chi connectivity index (χ0) is 13.8. The summed E-state index contributed by atoms with van der Waals surface area (Å²) in [6, 6.07) is 6.98. The molecule has 0 radical (unpaired) electrons. The summed E-state index contributed by atoms with van der Waals surface area (Å²) in [5.74, 6) is -0.483. The molecule has 19 heavy (non-hydrogen) atoms. The van der Waals surface area contributed by atoms with E-state index in [1.807, 2.05) is 38.1 Å². The molecule has 0 spiro atoms. The summed E-state index contributed by atoms with van der Waals surface area (Å²) in [4.78, 5) is 15.6. The van der Waals surface area contributed by atoms with E-state index in [2.05, 4.69) is 10.3 Å². The number of carbonyl (C=O) groups is 1. The third kappa shape index (κ3) is 3.09. The molecule has 0 aliphatic carbocycles. The molecule has 0 bridgehead atoms. The monoisotopic (exact) mass is 258 g/mol. The maximum absolute atomic E-state index is 11.5. The van der Waals surface area contributed by atoms with Gasteiger partial charge in [0.15, 0.2) is 0 Å². The number of carboxylic acids is 1. The van der Waals surface area contributed by atoms with Crippen LogP contribution in [0, 0.1) is 5.92 Å². The summed E-state index contributed by atoms with van der Waals surface area (Å²) < 4.78 is 0. The van der Waals surface area contributed by atoms with E-state index in [-0.39, 0.29) is 0 Å². The molecule has 0 saturated carbocycles. The smallest absolute Gasteiger partial charge is 0.325 e. The molecule has 0 amide bonds. The fourth-order valence-corrected chi connectivity index (χ4v) is 2.05. The van der Waals surface area contributed by atoms with Gasteiger partial charge in [0.1, 0.15) is 6.04 Å². The fourth-order valence-electron chi connectivity index (χ4n) is 2.05. The SMILES string of the molecule is CC(C)CNC(C(=O)O)c1cncc2ccccc12. The van der Waals surface area contributed by atoms with E-state index >= 15 is 0 Å². The predicted molar refractivity (Wildman–Crippen MR) is 75.0 cm³/mol. The summed E-state index contributed by atoms with van der Waals surface area (Å²) >= 11 is 0. The van der Waals surface area contributed by atoms with E-state index in [4.69, 9.17) is 0 Å². The maximum Gasteiger partial charge on any atom is 0.325 e. The van der Waals surface area contributed by atoms with Crippen molar-refractivity contribution in [1.82, 2.24) is 10.3 Å². The number of aliphatic carboxylic acids is 1. The minimum Gasteiger partial charge on any atom is -0.480 e. The van der Waals surface area contributed by atoms with Crippen molar-refractivity contribution < 1.29 is 9.90 Å². The van der Waals surface area contributed by atoms with Crippen molar-refractivity contribution in [1.29, 1.82) is 0 Å². The fraction of sp³-hybridized carbons (Fsp3) is 0.333. The summed E-state index contributed by atoms with van der Waals surface area (Å²) in [6.45, 7) is 4.75. The number of pyridine rings is 1. The van der Waals surface area contributed by atoms with Gasteiger partial charge in [-0.15, -0.1) is 0 Å². The molecular weight excluding hydrogens is 240 g/mol. The molecule has 1 heterocycles. The molecule has 2 N–H and O–H groups in total. The first kappa shape index (κ1) is 13.5. The van der Waals surface area contributed by atoms with E-state index in [0.29, 0.717) is 18.0 Å². The molecule has 1 atom stereocenters. The van der Waals surface area contributed by atoms with Gasteiger partial charge in [0.05, 0.1) is 0 Å². The third-order valence-corrected chi connectivity index (χ3v) is 2.99. The van der Waals surface area contributed by atoms with E-state index in [0.717, 1.165) is 10.8 Å². The minimum atomic E-state index is -0.876. The number of hydrogen-bond acceptors (Lipinski definition) is 3. The third-order valence-electron chi connectivity index (χ3n) is 2.99. The lowest BCUT2D eigenvalue weighted by molar-refractivity contribution is -0.139. The van der Waals surface area contributed by atoms with Crippen molar-refractivity contribution in [2.24, 2.45) is 5.92 Å². The van der Waals surface area contributed by atoms with Gasteiger partial charge in [-0.1, -0.05) is 38.1 Å². The minimum absolute atomic E-state index is 0.393. The molecule has 1 aromatic carbocycles. The second-order valence-corrected chi connectivity index (χ2v) is 5.02. The Labute approximate surface area is 112 Å². The van der Waals surface area contributed by atoms with E-state index < -0.39 is 12.0 Å². The molecule has 0 aliphatic rings. The molecule has 4 heteroatoms. The van der Waals surface area contributed by atoms with Crippen LogP contribution >= 0.6 is 0 Å². The first-order valence-electron chi connectivity index (χ1n) is 6.38. The Morgan fingerprint density at radius 1 is 1.32 bits per heavy atom. The Morgan fingerprint density at radius 2 is 2.05 bits per heavy atom. The highest BCUT2D eigenvalue weighted by Gasteiger charge is 2.21. The highest BCUT2D eigenvalue weighted by molar-refractivity contribution is 5.89. The molecule has 0 fully saturated rings. The van der Waals surface area contributed by atoms with Crippen LogP contribution in [0.1, 0.15) is 25.5 Å². The van der Waals surface area contributed by atoms with Gasteiger partial charge in [0, 0.05) is 23.3 Å². The summed E-state index contributed by atoms with van der Waals surface area (Å²) in [7, 11) is 0. The lowest BCUT2D eigenvalue weighted by atomic mass is 10.0. The number of benzene rings is 1. The molecule has 1 unspecified atom stereocenters. The molecule has 4 nitrogen and oxygen atoms in total. The topological polar surface area (TPSA) is 62.2 Å². The van der Waals surface area contributed by atoms with Crippen molar-refractivity contribution in [3.63, 3.8) is 0 Å². The number of carboxylic acid groups (broad SMARTS) is 1. The van der Waals surface area contributed by atoms with Crippen LogP contribution in [0.15, 0.2) is 36.7 Å².